The summed E-state index contributed by atoms with van der Waals surface area (Å²) in [6.07, 6.45) is 1.04. The number of nitrogen functional groups attached to an aromatic ring is 1. The molecule has 0 amide bonds. The summed E-state index contributed by atoms with van der Waals surface area (Å²) in [6, 6.07) is -0.589. The molecule has 0 aliphatic rings. The smallest absolute Gasteiger partial charge is 0.381 e. The van der Waals surface area contributed by atoms with Crippen molar-refractivity contribution >= 4 is 30.3 Å². The standard InChI is InChI=1S/C10H21FN3O11P3/c1-6(3-7(2)14-4-8(11)9(12)13-10(14)15)5-23-27(19,20)25-28(21,22)24-26(16,17)18/h4,6-7,16-22H,3,5H2,1-2H3,(H-,12,13,15)/q+2/p+1. The largest absolute Gasteiger partial charge is 0.667 e. The molecule has 0 radical (unpaired) electrons. The minimum absolute atomic E-state index is 0.165. The van der Waals surface area contributed by atoms with E-state index >= 15 is 0 Å². The zero-order valence-electron chi connectivity index (χ0n) is 14.6. The van der Waals surface area contributed by atoms with E-state index in [0.29, 0.717) is 0 Å². The monoisotopic (exact) mass is 472 g/mol. The van der Waals surface area contributed by atoms with Crippen LogP contribution in [-0.4, -0.2) is 50.4 Å². The Morgan fingerprint density at radius 3 is 2.25 bits per heavy atom. The minimum Gasteiger partial charge on any atom is -0.381 e. The second kappa shape index (κ2) is 9.54. The van der Waals surface area contributed by atoms with E-state index in [4.69, 9.17) is 20.4 Å². The third kappa shape index (κ3) is 8.89. The van der Waals surface area contributed by atoms with Crippen molar-refractivity contribution in [1.82, 2.24) is 9.55 Å². The molecular weight excluding hydrogens is 450 g/mol. The van der Waals surface area contributed by atoms with Crippen LogP contribution in [0.4, 0.5) is 10.2 Å². The maximum absolute atomic E-state index is 13.5. The highest BCUT2D eigenvalue weighted by atomic mass is 31.3. The number of rotatable bonds is 10. The van der Waals surface area contributed by atoms with Gasteiger partial charge in [0.1, 0.15) is 6.61 Å². The van der Waals surface area contributed by atoms with Crippen molar-refractivity contribution in [2.75, 3.05) is 12.3 Å². The van der Waals surface area contributed by atoms with Crippen LogP contribution in [0.1, 0.15) is 26.3 Å². The first kappa shape index (κ1) is 25.5. The van der Waals surface area contributed by atoms with Crippen LogP contribution in [0, 0.1) is 11.7 Å². The first-order chi connectivity index (χ1) is 12.5. The quantitative estimate of drug-likeness (QED) is 0.203. The van der Waals surface area contributed by atoms with Gasteiger partial charge >= 0.3 is 30.2 Å². The highest BCUT2D eigenvalue weighted by Gasteiger charge is 2.68. The molecule has 14 nitrogen and oxygen atoms in total. The molecule has 1 aromatic rings. The molecule has 0 fully saturated rings. The minimum atomic E-state index is -5.22. The van der Waals surface area contributed by atoms with E-state index in [1.54, 1.807) is 13.8 Å². The lowest BCUT2D eigenvalue weighted by molar-refractivity contribution is 0.110. The Morgan fingerprint density at radius 1 is 1.14 bits per heavy atom. The van der Waals surface area contributed by atoms with Gasteiger partial charge in [0.05, 0.1) is 8.62 Å². The lowest BCUT2D eigenvalue weighted by Gasteiger charge is -2.19. The molecule has 1 aromatic heterocycles. The average molecular weight is 472 g/mol. The Kier molecular flexibility index (Phi) is 8.70. The molecule has 0 aromatic carbocycles. The summed E-state index contributed by atoms with van der Waals surface area (Å²) in [5, 5.41) is 0. The van der Waals surface area contributed by atoms with Crippen LogP contribution in [0.2, 0.25) is 0 Å². The van der Waals surface area contributed by atoms with Gasteiger partial charge in [0.25, 0.3) is 0 Å². The van der Waals surface area contributed by atoms with Crippen molar-refractivity contribution in [2.45, 2.75) is 26.3 Å². The molecule has 1 rings (SSSR count). The van der Waals surface area contributed by atoms with Gasteiger partial charge in [-0.1, -0.05) is 6.92 Å². The number of anilines is 1. The highest BCUT2D eigenvalue weighted by molar-refractivity contribution is 7.73. The number of nitrogens with two attached hydrogens (primary N) is 1. The van der Waals surface area contributed by atoms with Crippen LogP contribution in [0.3, 0.4) is 0 Å². The first-order valence-corrected chi connectivity index (χ1v) is 12.0. The summed E-state index contributed by atoms with van der Waals surface area (Å²) in [6.45, 7) is 2.69. The molecule has 1 heterocycles. The highest BCUT2D eigenvalue weighted by Crippen LogP contribution is 2.75. The molecule has 0 bridgehead atoms. The van der Waals surface area contributed by atoms with Crippen LogP contribution < -0.4 is 11.4 Å². The summed E-state index contributed by atoms with van der Waals surface area (Å²) < 4.78 is 26.8. The normalized spacial score (nSPS) is 15.5. The van der Waals surface area contributed by atoms with Gasteiger partial charge in [0, 0.05) is 12.2 Å². The molecule has 0 aliphatic heterocycles. The molecule has 18 heteroatoms. The molecule has 2 atom stereocenters. The van der Waals surface area contributed by atoms with Gasteiger partial charge in [0.15, 0.2) is 11.6 Å². The first-order valence-electron chi connectivity index (χ1n) is 7.39. The van der Waals surface area contributed by atoms with Crippen molar-refractivity contribution in [2.24, 2.45) is 5.92 Å². The molecule has 0 aliphatic carbocycles. The van der Waals surface area contributed by atoms with Crippen molar-refractivity contribution in [3.8, 4) is 0 Å². The second-order valence-electron chi connectivity index (χ2n) is 5.81. The van der Waals surface area contributed by atoms with Gasteiger partial charge in [-0.2, -0.15) is 43.8 Å². The Bertz CT molecular complexity index is 729. The molecule has 9 N–H and O–H groups in total. The summed E-state index contributed by atoms with van der Waals surface area (Å²) in [7, 11) is -15.3. The van der Waals surface area contributed by atoms with E-state index in [2.05, 4.69) is 18.1 Å². The number of aromatic nitrogens is 2. The molecule has 28 heavy (non-hydrogen) atoms. The summed E-state index contributed by atoms with van der Waals surface area (Å²) in [5.74, 6) is -1.92. The van der Waals surface area contributed by atoms with Crippen LogP contribution in [0.5, 0.6) is 0 Å². The Balaban J connectivity index is 2.64. The van der Waals surface area contributed by atoms with E-state index in [1.165, 1.54) is 0 Å². The van der Waals surface area contributed by atoms with E-state index in [-0.39, 0.29) is 6.42 Å². The van der Waals surface area contributed by atoms with Gasteiger partial charge in [-0.15, -0.1) is 0 Å². The fraction of sp³-hybridized carbons (Fsp3) is 0.600. The maximum atomic E-state index is 13.5. The molecule has 0 saturated heterocycles. The lowest BCUT2D eigenvalue weighted by Crippen LogP contribution is -2.28. The molecule has 2 unspecified atom stereocenters. The fourth-order valence-electron chi connectivity index (χ4n) is 2.08. The number of hydrogen-bond acceptors (Lipinski definition) is 13. The Hall–Kier alpha value is -0.500. The Labute approximate surface area is 159 Å². The summed E-state index contributed by atoms with van der Waals surface area (Å²) in [5.41, 5.74) is 4.41. The Morgan fingerprint density at radius 2 is 1.71 bits per heavy atom. The van der Waals surface area contributed by atoms with E-state index in [1.807, 2.05) is 0 Å². The average Bonchev–Trinajstić information content (AvgIpc) is 2.45. The van der Waals surface area contributed by atoms with Gasteiger partial charge in [-0.05, 0) is 19.3 Å². The zero-order valence-corrected chi connectivity index (χ0v) is 17.3. The van der Waals surface area contributed by atoms with Crippen LogP contribution >= 0.6 is 24.5 Å². The third-order valence-electron chi connectivity index (χ3n) is 3.11. The second-order valence-corrected chi connectivity index (χ2v) is 10.4. The van der Waals surface area contributed by atoms with Gasteiger partial charge in [-0.25, -0.2) is 9.18 Å². The van der Waals surface area contributed by atoms with Gasteiger partial charge in [-0.3, -0.25) is 4.57 Å². The van der Waals surface area contributed by atoms with Crippen LogP contribution in [0.15, 0.2) is 11.0 Å². The number of halogens is 1. The third-order valence-corrected chi connectivity index (χ3v) is 7.02. The topological polar surface area (TPSA) is 230 Å². The fourth-order valence-corrected chi connectivity index (χ4v) is 5.36. The van der Waals surface area contributed by atoms with Crippen molar-refractivity contribution in [1.29, 1.82) is 0 Å². The lowest BCUT2D eigenvalue weighted by atomic mass is 10.0. The van der Waals surface area contributed by atoms with Crippen molar-refractivity contribution in [3.05, 3.63) is 22.5 Å². The SMILES string of the molecule is CC(CO[P+](O)(O)O[P+](O)(O)O[P+](O)(O)O)CC(C)n1cc(F)c(N)nc1=O. The van der Waals surface area contributed by atoms with Gasteiger partial charge < -0.3 is 5.73 Å². The van der Waals surface area contributed by atoms with E-state index in [0.717, 1.165) is 10.8 Å². The van der Waals surface area contributed by atoms with Crippen LogP contribution in [0.25, 0.3) is 0 Å². The molecular formula is C10H22FN3O11P3+3. The van der Waals surface area contributed by atoms with E-state index < -0.39 is 60.4 Å². The van der Waals surface area contributed by atoms with E-state index in [9.17, 15) is 28.8 Å². The zero-order chi connectivity index (χ0) is 21.9. The number of hydrogen-bond donors (Lipinski definition) is 8. The number of nitrogens with zero attached hydrogens (tertiary/aromatic N) is 2. The predicted octanol–water partition coefficient (Wildman–Crippen LogP) is -0.420. The van der Waals surface area contributed by atoms with Crippen molar-refractivity contribution in [3.63, 3.8) is 0 Å². The predicted molar refractivity (Wildman–Crippen MR) is 95.8 cm³/mol. The van der Waals surface area contributed by atoms with Crippen molar-refractivity contribution < 1.29 is 51.8 Å². The van der Waals surface area contributed by atoms with Gasteiger partial charge in [0.2, 0.25) is 0 Å². The summed E-state index contributed by atoms with van der Waals surface area (Å²) >= 11 is 0. The molecule has 162 valence electrons. The summed E-state index contributed by atoms with van der Waals surface area (Å²) in [4.78, 5) is 78.4. The molecule has 0 saturated carbocycles. The maximum Gasteiger partial charge on any atom is 0.667 e. The molecule has 0 spiro atoms. The van der Waals surface area contributed by atoms with Crippen LogP contribution in [-0.2, 0) is 13.1 Å².